The van der Waals surface area contributed by atoms with E-state index >= 15 is 4.39 Å². The zero-order valence-corrected chi connectivity index (χ0v) is 23.7. The number of sulfonamides is 1. The first kappa shape index (κ1) is 28.1. The fourth-order valence-electron chi connectivity index (χ4n) is 4.93. The van der Waals surface area contributed by atoms with Crippen LogP contribution in [0.15, 0.2) is 71.3 Å². The molecule has 0 radical (unpaired) electrons. The van der Waals surface area contributed by atoms with Crippen molar-refractivity contribution >= 4 is 38.4 Å². The maximum atomic E-state index is 15.2. The van der Waals surface area contributed by atoms with Crippen LogP contribution in [-0.2, 0) is 10.0 Å². The molecular formula is C30H23F3N4O5S. The number of pyridine rings is 1. The van der Waals surface area contributed by atoms with Gasteiger partial charge in [-0.3, -0.25) is 9.10 Å². The lowest BCUT2D eigenvalue weighted by Gasteiger charge is -2.21. The van der Waals surface area contributed by atoms with Crippen LogP contribution >= 0.6 is 0 Å². The van der Waals surface area contributed by atoms with E-state index in [9.17, 15) is 22.0 Å². The fourth-order valence-corrected chi connectivity index (χ4v) is 5.44. The molecule has 0 bridgehead atoms. The SMILES string of the molecule is CNC(=O)c1c(-c2ccc(F)cc2)oc2cc(N(C)S(C)(=O)=O)c(-c3cc(F)cc(C4Nc5ncc(F)cc5O4)c3)cc12. The number of hydrogen-bond acceptors (Lipinski definition) is 7. The summed E-state index contributed by atoms with van der Waals surface area (Å²) in [6.07, 6.45) is 1.12. The monoisotopic (exact) mass is 608 g/mol. The second kappa shape index (κ2) is 10.3. The van der Waals surface area contributed by atoms with Crippen molar-refractivity contribution in [3.8, 4) is 28.2 Å². The minimum Gasteiger partial charge on any atom is -0.462 e. The van der Waals surface area contributed by atoms with Gasteiger partial charge in [0.1, 0.15) is 28.8 Å². The summed E-state index contributed by atoms with van der Waals surface area (Å²) in [4.78, 5) is 17.1. The van der Waals surface area contributed by atoms with Gasteiger partial charge in [0.15, 0.2) is 17.8 Å². The molecule has 0 saturated carbocycles. The fraction of sp³-hybridized carbons (Fsp3) is 0.133. The maximum Gasteiger partial charge on any atom is 0.255 e. The van der Waals surface area contributed by atoms with Crippen molar-refractivity contribution in [1.82, 2.24) is 10.3 Å². The topological polar surface area (TPSA) is 114 Å². The van der Waals surface area contributed by atoms with E-state index in [2.05, 4.69) is 15.6 Å². The van der Waals surface area contributed by atoms with E-state index in [0.29, 0.717) is 16.5 Å². The molecule has 0 spiro atoms. The van der Waals surface area contributed by atoms with Crippen molar-refractivity contribution in [3.63, 3.8) is 0 Å². The van der Waals surface area contributed by atoms with Gasteiger partial charge in [0.05, 0.1) is 23.7 Å². The Labute approximate surface area is 244 Å². The summed E-state index contributed by atoms with van der Waals surface area (Å²) in [5.41, 5.74) is 1.69. The van der Waals surface area contributed by atoms with E-state index in [0.717, 1.165) is 22.8 Å². The number of benzene rings is 3. The zero-order valence-electron chi connectivity index (χ0n) is 22.9. The normalized spacial score (nSPS) is 14.2. The summed E-state index contributed by atoms with van der Waals surface area (Å²) in [7, 11) is -1.04. The summed E-state index contributed by atoms with van der Waals surface area (Å²) >= 11 is 0. The molecule has 2 N–H and O–H groups in total. The number of furan rings is 1. The largest absolute Gasteiger partial charge is 0.462 e. The van der Waals surface area contributed by atoms with E-state index in [1.165, 1.54) is 56.6 Å². The minimum absolute atomic E-state index is 0.125. The predicted molar refractivity (Wildman–Crippen MR) is 155 cm³/mol. The van der Waals surface area contributed by atoms with E-state index in [-0.39, 0.29) is 45.3 Å². The lowest BCUT2D eigenvalue weighted by molar-refractivity contribution is 0.0964. The Morgan fingerprint density at radius 3 is 2.42 bits per heavy atom. The lowest BCUT2D eigenvalue weighted by Crippen LogP contribution is -2.25. The third kappa shape index (κ3) is 5.12. The summed E-state index contributed by atoms with van der Waals surface area (Å²) in [5, 5.41) is 5.85. The molecule has 1 unspecified atom stereocenters. The summed E-state index contributed by atoms with van der Waals surface area (Å²) in [6.45, 7) is 0. The molecule has 3 aromatic carbocycles. The smallest absolute Gasteiger partial charge is 0.255 e. The van der Waals surface area contributed by atoms with Crippen molar-refractivity contribution in [2.75, 3.05) is 30.0 Å². The standard InChI is InChI=1S/C30H23F3N4O5S/c1-34-29(38)26-22-12-21(16-8-17(10-19(32)9-16)30-36-28-25(42-30)11-20(33)14-35-28)23(37(2)43(3,39)40)13-24(22)41-27(26)15-4-6-18(31)7-5-15/h4-14,30H,1-3H3,(H,34,38)(H,35,36). The molecular weight excluding hydrogens is 585 g/mol. The van der Waals surface area contributed by atoms with Crippen LogP contribution in [0.25, 0.3) is 33.4 Å². The molecule has 5 aromatic rings. The number of fused-ring (bicyclic) bond motifs is 2. The Balaban J connectivity index is 1.57. The van der Waals surface area contributed by atoms with Crippen molar-refractivity contribution < 1.29 is 35.5 Å². The van der Waals surface area contributed by atoms with Crippen molar-refractivity contribution in [1.29, 1.82) is 0 Å². The van der Waals surface area contributed by atoms with Gasteiger partial charge in [0.25, 0.3) is 5.91 Å². The number of rotatable bonds is 6. The molecule has 13 heteroatoms. The first-order valence-electron chi connectivity index (χ1n) is 12.8. The number of carbonyl (C=O) groups is 1. The Hall–Kier alpha value is -5.04. The van der Waals surface area contributed by atoms with Crippen LogP contribution in [0.5, 0.6) is 5.75 Å². The summed E-state index contributed by atoms with van der Waals surface area (Å²) < 4.78 is 80.7. The number of carbonyl (C=O) groups excluding carboxylic acids is 1. The molecule has 0 saturated heterocycles. The number of hydrogen-bond donors (Lipinski definition) is 2. The molecule has 220 valence electrons. The van der Waals surface area contributed by atoms with Gasteiger partial charge in [-0.25, -0.2) is 26.6 Å². The molecule has 3 heterocycles. The van der Waals surface area contributed by atoms with Crippen molar-refractivity contribution in [2.45, 2.75) is 6.23 Å². The van der Waals surface area contributed by atoms with Gasteiger partial charge in [-0.1, -0.05) is 0 Å². The number of nitrogens with zero attached hydrogens (tertiary/aromatic N) is 2. The predicted octanol–water partition coefficient (Wildman–Crippen LogP) is 5.84. The third-order valence-corrected chi connectivity index (χ3v) is 8.26. The zero-order chi connectivity index (χ0) is 30.6. The number of ether oxygens (including phenoxy) is 1. The highest BCUT2D eigenvalue weighted by Gasteiger charge is 2.29. The van der Waals surface area contributed by atoms with Gasteiger partial charge >= 0.3 is 0 Å². The molecule has 1 atom stereocenters. The number of aromatic nitrogens is 1. The summed E-state index contributed by atoms with van der Waals surface area (Å²) in [5.74, 6) is -1.68. The second-order valence-electron chi connectivity index (χ2n) is 9.90. The van der Waals surface area contributed by atoms with Gasteiger partial charge < -0.3 is 19.8 Å². The Bertz CT molecular complexity index is 2030. The van der Waals surface area contributed by atoms with Crippen LogP contribution in [0, 0.1) is 17.5 Å². The molecule has 1 amide bonds. The van der Waals surface area contributed by atoms with E-state index in [4.69, 9.17) is 9.15 Å². The Morgan fingerprint density at radius 2 is 1.72 bits per heavy atom. The van der Waals surface area contributed by atoms with Crippen LogP contribution in [0.2, 0.25) is 0 Å². The van der Waals surface area contributed by atoms with Crippen LogP contribution in [0.4, 0.5) is 24.7 Å². The lowest BCUT2D eigenvalue weighted by atomic mass is 9.97. The van der Waals surface area contributed by atoms with Crippen LogP contribution in [-0.4, -0.2) is 39.7 Å². The molecule has 1 aliphatic heterocycles. The van der Waals surface area contributed by atoms with Crippen molar-refractivity contribution in [3.05, 3.63) is 95.4 Å². The first-order chi connectivity index (χ1) is 20.4. The Morgan fingerprint density at radius 1 is 0.977 bits per heavy atom. The van der Waals surface area contributed by atoms with Gasteiger partial charge in [-0.2, -0.15) is 0 Å². The van der Waals surface area contributed by atoms with Crippen LogP contribution in [0.3, 0.4) is 0 Å². The van der Waals surface area contributed by atoms with Gasteiger partial charge in [0, 0.05) is 48.3 Å². The van der Waals surface area contributed by atoms with Gasteiger partial charge in [0.2, 0.25) is 10.0 Å². The van der Waals surface area contributed by atoms with E-state index in [1.54, 1.807) is 12.1 Å². The molecule has 0 fully saturated rings. The van der Waals surface area contributed by atoms with Gasteiger partial charge in [-0.15, -0.1) is 0 Å². The average molecular weight is 609 g/mol. The molecule has 9 nitrogen and oxygen atoms in total. The minimum atomic E-state index is -3.82. The molecule has 6 rings (SSSR count). The quantitative estimate of drug-likeness (QED) is 0.249. The highest BCUT2D eigenvalue weighted by atomic mass is 32.2. The van der Waals surface area contributed by atoms with Gasteiger partial charge in [-0.05, 0) is 54.1 Å². The summed E-state index contributed by atoms with van der Waals surface area (Å²) in [6, 6.07) is 13.5. The number of amides is 1. The highest BCUT2D eigenvalue weighted by Crippen LogP contribution is 2.43. The molecule has 0 aliphatic carbocycles. The third-order valence-electron chi connectivity index (χ3n) is 7.07. The number of anilines is 2. The number of halogens is 3. The average Bonchev–Trinajstić information content (AvgIpc) is 3.56. The first-order valence-corrected chi connectivity index (χ1v) is 14.7. The maximum absolute atomic E-state index is 15.2. The Kier molecular flexibility index (Phi) is 6.76. The van der Waals surface area contributed by atoms with E-state index < -0.39 is 39.6 Å². The number of nitrogens with one attached hydrogen (secondary N) is 2. The van der Waals surface area contributed by atoms with E-state index in [1.807, 2.05) is 0 Å². The van der Waals surface area contributed by atoms with Crippen LogP contribution in [0.1, 0.15) is 22.1 Å². The van der Waals surface area contributed by atoms with Crippen LogP contribution < -0.4 is 19.7 Å². The molecule has 1 aliphatic rings. The molecule has 2 aromatic heterocycles. The highest BCUT2D eigenvalue weighted by molar-refractivity contribution is 7.92. The molecule has 43 heavy (non-hydrogen) atoms. The van der Waals surface area contributed by atoms with Crippen molar-refractivity contribution in [2.24, 2.45) is 0 Å². The second-order valence-corrected chi connectivity index (χ2v) is 11.9.